The van der Waals surface area contributed by atoms with E-state index < -0.39 is 15.6 Å². The summed E-state index contributed by atoms with van der Waals surface area (Å²) in [5.41, 5.74) is 0. The quantitative estimate of drug-likeness (QED) is 0.422. The normalized spacial score (nSPS) is 16.7. The average Bonchev–Trinajstić information content (AvgIpc) is 2.14. The Morgan fingerprint density at radius 3 is 1.82 bits per heavy atom. The molecular formula is C5H15Na3O7P2. The minimum atomic E-state index is -4.40. The summed E-state index contributed by atoms with van der Waals surface area (Å²) in [4.78, 5) is 8.84. The van der Waals surface area contributed by atoms with Crippen LogP contribution in [0, 0.1) is 0 Å². The summed E-state index contributed by atoms with van der Waals surface area (Å²) in [6, 6.07) is 0. The molecule has 0 fully saturated rings. The zero-order valence-corrected chi connectivity index (χ0v) is 9.73. The average molecular weight is 318 g/mol. The van der Waals surface area contributed by atoms with Gasteiger partial charge in [0.1, 0.15) is 0 Å². The first-order valence-corrected chi connectivity index (χ1v) is 6.40. The van der Waals surface area contributed by atoms with Crippen LogP contribution in [-0.4, -0.2) is 108 Å². The molecular weight excluding hydrogens is 303 g/mol. The Hall–Kier alpha value is 2.84. The Morgan fingerprint density at radius 1 is 1.06 bits per heavy atom. The number of hydrogen-bond donors (Lipinski definition) is 1. The van der Waals surface area contributed by atoms with Crippen molar-refractivity contribution in [3.8, 4) is 0 Å². The predicted molar refractivity (Wildman–Crippen MR) is 69.9 cm³/mol. The van der Waals surface area contributed by atoms with E-state index in [0.29, 0.717) is 0 Å². The van der Waals surface area contributed by atoms with Crippen molar-refractivity contribution in [2.75, 3.05) is 14.2 Å². The van der Waals surface area contributed by atoms with Gasteiger partial charge in [0.25, 0.3) is 0 Å². The third-order valence-corrected chi connectivity index (χ3v) is 3.90. The van der Waals surface area contributed by atoms with Crippen LogP contribution in [0.2, 0.25) is 0 Å². The summed E-state index contributed by atoms with van der Waals surface area (Å²) in [6.07, 6.45) is 2.42. The summed E-state index contributed by atoms with van der Waals surface area (Å²) < 4.78 is 39.3. The van der Waals surface area contributed by atoms with Gasteiger partial charge < -0.3 is 9.42 Å². The Morgan fingerprint density at radius 2 is 1.53 bits per heavy atom. The van der Waals surface area contributed by atoms with Gasteiger partial charge in [0, 0.05) is 14.2 Å². The molecule has 2 unspecified atom stereocenters. The summed E-state index contributed by atoms with van der Waals surface area (Å²) in [5.74, 6) is 0. The number of phosphoric ester groups is 2. The number of allylic oxidation sites excluding steroid dienone is 1. The van der Waals surface area contributed by atoms with E-state index >= 15 is 0 Å². The Bertz CT molecular complexity index is 297. The third-order valence-electron chi connectivity index (χ3n) is 0.984. The molecule has 0 aromatic rings. The van der Waals surface area contributed by atoms with Crippen molar-refractivity contribution in [1.82, 2.24) is 0 Å². The molecule has 0 aliphatic carbocycles. The maximum absolute atomic E-state index is 11.4. The van der Waals surface area contributed by atoms with Gasteiger partial charge in [-0.2, -0.15) is 4.31 Å². The van der Waals surface area contributed by atoms with Crippen molar-refractivity contribution in [1.29, 1.82) is 0 Å². The molecule has 12 heteroatoms. The topological polar surface area (TPSA) is 91.3 Å². The van der Waals surface area contributed by atoms with Crippen LogP contribution < -0.4 is 0 Å². The van der Waals surface area contributed by atoms with Gasteiger partial charge >= 0.3 is 104 Å². The van der Waals surface area contributed by atoms with Crippen molar-refractivity contribution in [2.45, 2.75) is 6.92 Å². The Balaban J connectivity index is -0.000000282. The van der Waals surface area contributed by atoms with Gasteiger partial charge in [0.05, 0.1) is 6.26 Å². The zero-order valence-electron chi connectivity index (χ0n) is 7.95. The van der Waals surface area contributed by atoms with E-state index in [9.17, 15) is 9.13 Å². The van der Waals surface area contributed by atoms with E-state index in [1.54, 1.807) is 6.92 Å². The molecule has 0 aromatic carbocycles. The fraction of sp³-hybridized carbons (Fsp3) is 0.600. The van der Waals surface area contributed by atoms with Crippen LogP contribution >= 0.6 is 15.6 Å². The van der Waals surface area contributed by atoms with Crippen LogP contribution in [0.15, 0.2) is 12.3 Å². The molecule has 1 N–H and O–H groups in total. The first-order chi connectivity index (χ1) is 6.39. The van der Waals surface area contributed by atoms with Crippen LogP contribution in [-0.2, 0) is 27.0 Å². The van der Waals surface area contributed by atoms with E-state index in [1.807, 2.05) is 0 Å². The van der Waals surface area contributed by atoms with Crippen molar-refractivity contribution < 1.29 is 31.9 Å². The summed E-state index contributed by atoms with van der Waals surface area (Å²) >= 11 is 0. The number of hydrogen-bond acceptors (Lipinski definition) is 6. The molecule has 0 heterocycles. The first kappa shape index (κ1) is 28.1. The van der Waals surface area contributed by atoms with Crippen LogP contribution in [0.5, 0.6) is 0 Å². The van der Waals surface area contributed by atoms with Gasteiger partial charge in [-0.1, -0.05) is 6.08 Å². The first-order valence-electron chi connectivity index (χ1n) is 3.44. The van der Waals surface area contributed by atoms with E-state index in [4.69, 9.17) is 4.89 Å². The monoisotopic (exact) mass is 318 g/mol. The molecule has 0 bridgehead atoms. The van der Waals surface area contributed by atoms with Gasteiger partial charge in [-0.15, -0.1) is 0 Å². The van der Waals surface area contributed by atoms with Crippen molar-refractivity contribution in [3.05, 3.63) is 12.3 Å². The molecule has 90 valence electrons. The second-order valence-electron chi connectivity index (χ2n) is 1.94. The molecule has 0 amide bonds. The van der Waals surface area contributed by atoms with E-state index in [2.05, 4.69) is 17.9 Å². The molecule has 0 aromatic heterocycles. The second kappa shape index (κ2) is 13.8. The third kappa shape index (κ3) is 13.6. The van der Waals surface area contributed by atoms with Gasteiger partial charge in [0.15, 0.2) is 0 Å². The van der Waals surface area contributed by atoms with Crippen LogP contribution in [0.1, 0.15) is 6.92 Å². The zero-order chi connectivity index (χ0) is 11.2. The molecule has 0 aliphatic rings. The predicted octanol–water partition coefficient (Wildman–Crippen LogP) is 0.109. The summed E-state index contributed by atoms with van der Waals surface area (Å²) in [6.45, 7) is 1.59. The van der Waals surface area contributed by atoms with Crippen molar-refractivity contribution in [2.24, 2.45) is 0 Å². The molecule has 2 atom stereocenters. The van der Waals surface area contributed by atoms with Gasteiger partial charge in [0.2, 0.25) is 0 Å². The summed E-state index contributed by atoms with van der Waals surface area (Å²) in [7, 11) is -6.54. The Labute approximate surface area is 167 Å². The molecule has 0 radical (unpaired) electrons. The minimum absolute atomic E-state index is 0. The molecule has 17 heavy (non-hydrogen) atoms. The van der Waals surface area contributed by atoms with Gasteiger partial charge in [-0.3, -0.25) is 9.05 Å². The number of phosphoric acid groups is 2. The molecule has 0 aliphatic heterocycles. The van der Waals surface area contributed by atoms with Crippen LogP contribution in [0.4, 0.5) is 0 Å². The second-order valence-corrected chi connectivity index (χ2v) is 5.36. The van der Waals surface area contributed by atoms with Crippen molar-refractivity contribution in [3.63, 3.8) is 0 Å². The van der Waals surface area contributed by atoms with Gasteiger partial charge in [-0.25, -0.2) is 9.13 Å². The standard InChI is InChI=1S/C5H12O7P2.3Na.3H/c1-4-5-11-14(8,10-3)12-13(6,7)9-2;;;;;;/h4-5H,1-3H3,(H,6,7);;;;;;. The van der Waals surface area contributed by atoms with E-state index in [1.165, 1.54) is 6.08 Å². The SMILES string of the molecule is CC=COP(=O)(OC)OP(=O)(O)OC.[NaH].[NaH].[NaH]. The van der Waals surface area contributed by atoms with Crippen LogP contribution in [0.3, 0.4) is 0 Å². The Kier molecular flexibility index (Phi) is 22.8. The maximum atomic E-state index is 11.4. The van der Waals surface area contributed by atoms with Gasteiger partial charge in [-0.05, 0) is 6.92 Å². The van der Waals surface area contributed by atoms with Crippen molar-refractivity contribution >= 4 is 104 Å². The molecule has 7 nitrogen and oxygen atoms in total. The molecule has 0 spiro atoms. The number of rotatable bonds is 6. The summed E-state index contributed by atoms with van der Waals surface area (Å²) in [5, 5.41) is 0. The van der Waals surface area contributed by atoms with E-state index in [0.717, 1.165) is 20.5 Å². The molecule has 0 saturated heterocycles. The van der Waals surface area contributed by atoms with Crippen LogP contribution in [0.25, 0.3) is 0 Å². The fourth-order valence-corrected chi connectivity index (χ4v) is 2.45. The fourth-order valence-electron chi connectivity index (χ4n) is 0.391. The molecule has 0 saturated carbocycles. The van der Waals surface area contributed by atoms with E-state index in [-0.39, 0.29) is 88.7 Å². The molecule has 0 rings (SSSR count).